The van der Waals surface area contributed by atoms with E-state index in [-0.39, 0.29) is 29.8 Å². The summed E-state index contributed by atoms with van der Waals surface area (Å²) >= 11 is 0. The SMILES string of the molecule is Cc1cccc(S(=O)(=O)N2C3CCC2CC(NC(=O)c2ccc(F)cc2)C3)c1. The Labute approximate surface area is 164 Å². The molecule has 0 aliphatic carbocycles. The van der Waals surface area contributed by atoms with E-state index in [0.717, 1.165) is 18.4 Å². The minimum atomic E-state index is -3.55. The first-order valence-corrected chi connectivity index (χ1v) is 11.0. The Morgan fingerprint density at radius 2 is 1.71 bits per heavy atom. The molecule has 28 heavy (non-hydrogen) atoms. The first-order chi connectivity index (χ1) is 13.3. The Hall–Kier alpha value is -2.25. The Bertz CT molecular complexity index is 977. The lowest BCUT2D eigenvalue weighted by molar-refractivity contribution is 0.0909. The molecule has 0 spiro atoms. The van der Waals surface area contributed by atoms with Gasteiger partial charge in [-0.2, -0.15) is 4.31 Å². The molecule has 7 heteroatoms. The first kappa shape index (κ1) is 19.1. The van der Waals surface area contributed by atoms with Gasteiger partial charge in [0.2, 0.25) is 10.0 Å². The number of hydrogen-bond donors (Lipinski definition) is 1. The summed E-state index contributed by atoms with van der Waals surface area (Å²) in [5.74, 6) is -0.636. The molecule has 2 aliphatic heterocycles. The van der Waals surface area contributed by atoms with Gasteiger partial charge in [0.25, 0.3) is 5.91 Å². The average Bonchev–Trinajstić information content (AvgIpc) is 2.94. The lowest BCUT2D eigenvalue weighted by Crippen LogP contribution is -2.52. The molecule has 0 saturated carbocycles. The van der Waals surface area contributed by atoms with E-state index >= 15 is 0 Å². The van der Waals surface area contributed by atoms with E-state index < -0.39 is 10.0 Å². The van der Waals surface area contributed by atoms with Crippen LogP contribution in [0.2, 0.25) is 0 Å². The molecule has 2 aromatic carbocycles. The highest BCUT2D eigenvalue weighted by atomic mass is 32.2. The van der Waals surface area contributed by atoms with Gasteiger partial charge in [-0.1, -0.05) is 12.1 Å². The number of halogens is 1. The first-order valence-electron chi connectivity index (χ1n) is 9.51. The second kappa shape index (κ2) is 7.29. The molecular weight excluding hydrogens is 379 g/mol. The molecule has 0 aromatic heterocycles. The van der Waals surface area contributed by atoms with Gasteiger partial charge in [-0.05, 0) is 74.6 Å². The summed E-state index contributed by atoms with van der Waals surface area (Å²) in [4.78, 5) is 12.8. The molecule has 2 heterocycles. The van der Waals surface area contributed by atoms with E-state index in [0.29, 0.717) is 23.3 Å². The minimum Gasteiger partial charge on any atom is -0.349 e. The van der Waals surface area contributed by atoms with Crippen LogP contribution in [0.5, 0.6) is 0 Å². The number of sulfonamides is 1. The number of carbonyl (C=O) groups is 1. The van der Waals surface area contributed by atoms with E-state index in [4.69, 9.17) is 0 Å². The Kier molecular flexibility index (Phi) is 4.97. The number of amides is 1. The Balaban J connectivity index is 1.49. The minimum absolute atomic E-state index is 0.0842. The molecule has 2 fully saturated rings. The highest BCUT2D eigenvalue weighted by Crippen LogP contribution is 2.40. The maximum absolute atomic E-state index is 13.2. The number of rotatable bonds is 4. The van der Waals surface area contributed by atoms with Gasteiger partial charge in [0.05, 0.1) is 4.90 Å². The molecular formula is C21H23FN2O3S. The van der Waals surface area contributed by atoms with Crippen molar-refractivity contribution < 1.29 is 17.6 Å². The van der Waals surface area contributed by atoms with Gasteiger partial charge in [0.1, 0.15) is 5.82 Å². The largest absolute Gasteiger partial charge is 0.349 e. The van der Waals surface area contributed by atoms with Crippen molar-refractivity contribution in [3.05, 3.63) is 65.5 Å². The van der Waals surface area contributed by atoms with Crippen molar-refractivity contribution in [1.82, 2.24) is 9.62 Å². The van der Waals surface area contributed by atoms with Crippen LogP contribution in [0.15, 0.2) is 53.4 Å². The van der Waals surface area contributed by atoms with E-state index in [1.807, 2.05) is 13.0 Å². The topological polar surface area (TPSA) is 66.5 Å². The van der Waals surface area contributed by atoms with Crippen LogP contribution >= 0.6 is 0 Å². The van der Waals surface area contributed by atoms with Gasteiger partial charge in [-0.15, -0.1) is 0 Å². The van der Waals surface area contributed by atoms with Crippen LogP contribution in [0.3, 0.4) is 0 Å². The van der Waals surface area contributed by atoms with Crippen LogP contribution in [0.1, 0.15) is 41.6 Å². The van der Waals surface area contributed by atoms with Crippen LogP contribution in [-0.4, -0.2) is 36.8 Å². The predicted molar refractivity (Wildman–Crippen MR) is 104 cm³/mol. The number of hydrogen-bond acceptors (Lipinski definition) is 3. The Morgan fingerprint density at radius 1 is 1.07 bits per heavy atom. The van der Waals surface area contributed by atoms with Gasteiger partial charge in [-0.3, -0.25) is 4.79 Å². The fourth-order valence-corrected chi connectivity index (χ4v) is 6.41. The molecule has 2 unspecified atom stereocenters. The summed E-state index contributed by atoms with van der Waals surface area (Å²) in [6.45, 7) is 1.88. The summed E-state index contributed by atoms with van der Waals surface area (Å²) in [6, 6.07) is 12.1. The standard InChI is InChI=1S/C21H23FN2O3S/c1-14-3-2-4-20(11-14)28(26,27)24-18-9-10-19(24)13-17(12-18)23-21(25)15-5-7-16(22)8-6-15/h2-8,11,17-19H,9-10,12-13H2,1H3,(H,23,25). The fourth-order valence-electron chi connectivity index (χ4n) is 4.41. The van der Waals surface area contributed by atoms with E-state index in [1.165, 1.54) is 24.3 Å². The van der Waals surface area contributed by atoms with Crippen LogP contribution in [0, 0.1) is 12.7 Å². The van der Waals surface area contributed by atoms with Gasteiger partial charge in [-0.25, -0.2) is 12.8 Å². The third kappa shape index (κ3) is 3.56. The van der Waals surface area contributed by atoms with Crippen LogP contribution < -0.4 is 5.32 Å². The zero-order chi connectivity index (χ0) is 19.9. The van der Waals surface area contributed by atoms with Crippen LogP contribution in [-0.2, 0) is 10.0 Å². The van der Waals surface area contributed by atoms with Crippen molar-refractivity contribution in [3.8, 4) is 0 Å². The monoisotopic (exact) mass is 402 g/mol. The van der Waals surface area contributed by atoms with Crippen molar-refractivity contribution in [2.24, 2.45) is 0 Å². The van der Waals surface area contributed by atoms with Crippen LogP contribution in [0.25, 0.3) is 0 Å². The van der Waals surface area contributed by atoms with E-state index in [9.17, 15) is 17.6 Å². The lowest BCUT2D eigenvalue weighted by Gasteiger charge is -2.38. The summed E-state index contributed by atoms with van der Waals surface area (Å²) in [5, 5.41) is 2.99. The fraction of sp³-hybridized carbons (Fsp3) is 0.381. The second-order valence-electron chi connectivity index (χ2n) is 7.69. The van der Waals surface area contributed by atoms with Crippen molar-refractivity contribution in [2.45, 2.75) is 55.6 Å². The quantitative estimate of drug-likeness (QED) is 0.854. The summed E-state index contributed by atoms with van der Waals surface area (Å²) in [6.07, 6.45) is 2.79. The molecule has 1 amide bonds. The van der Waals surface area contributed by atoms with Gasteiger partial charge in [0, 0.05) is 23.7 Å². The molecule has 2 bridgehead atoms. The third-order valence-electron chi connectivity index (χ3n) is 5.67. The van der Waals surface area contributed by atoms with Crippen molar-refractivity contribution in [1.29, 1.82) is 0 Å². The number of piperidine rings is 1. The molecule has 2 aliphatic rings. The van der Waals surface area contributed by atoms with Crippen molar-refractivity contribution >= 4 is 15.9 Å². The highest BCUT2D eigenvalue weighted by Gasteiger charge is 2.47. The Morgan fingerprint density at radius 3 is 2.32 bits per heavy atom. The molecule has 2 aromatic rings. The second-order valence-corrected chi connectivity index (χ2v) is 9.53. The smallest absolute Gasteiger partial charge is 0.251 e. The molecule has 1 N–H and O–H groups in total. The molecule has 148 valence electrons. The number of carbonyl (C=O) groups excluding carboxylic acids is 1. The van der Waals surface area contributed by atoms with Crippen LogP contribution in [0.4, 0.5) is 4.39 Å². The summed E-state index contributed by atoms with van der Waals surface area (Å²) < 4.78 is 41.1. The number of nitrogens with zero attached hydrogens (tertiary/aromatic N) is 1. The van der Waals surface area contributed by atoms with Gasteiger partial charge in [0.15, 0.2) is 0 Å². The summed E-state index contributed by atoms with van der Waals surface area (Å²) in [5.41, 5.74) is 1.32. The highest BCUT2D eigenvalue weighted by molar-refractivity contribution is 7.89. The van der Waals surface area contributed by atoms with Crippen molar-refractivity contribution in [3.63, 3.8) is 0 Å². The number of fused-ring (bicyclic) bond motifs is 2. The molecule has 0 radical (unpaired) electrons. The van der Waals surface area contributed by atoms with E-state index in [2.05, 4.69) is 5.32 Å². The molecule has 2 atom stereocenters. The number of benzene rings is 2. The lowest BCUT2D eigenvalue weighted by atomic mass is 9.99. The van der Waals surface area contributed by atoms with E-state index in [1.54, 1.807) is 22.5 Å². The van der Waals surface area contributed by atoms with Gasteiger partial charge >= 0.3 is 0 Å². The van der Waals surface area contributed by atoms with Crippen molar-refractivity contribution in [2.75, 3.05) is 0 Å². The van der Waals surface area contributed by atoms with Gasteiger partial charge < -0.3 is 5.32 Å². The maximum Gasteiger partial charge on any atom is 0.251 e. The number of aryl methyl sites for hydroxylation is 1. The molecule has 4 rings (SSSR count). The summed E-state index contributed by atoms with van der Waals surface area (Å²) in [7, 11) is -3.55. The maximum atomic E-state index is 13.2. The third-order valence-corrected chi connectivity index (χ3v) is 7.67. The number of nitrogens with one attached hydrogen (secondary N) is 1. The molecule has 2 saturated heterocycles. The normalized spacial score (nSPS) is 24.9. The zero-order valence-corrected chi connectivity index (χ0v) is 16.5. The molecule has 5 nitrogen and oxygen atoms in total. The zero-order valence-electron chi connectivity index (χ0n) is 15.6. The average molecular weight is 402 g/mol. The predicted octanol–water partition coefficient (Wildman–Crippen LogP) is 3.25.